The third-order valence-corrected chi connectivity index (χ3v) is 7.27. The van der Waals surface area contributed by atoms with E-state index in [-0.39, 0.29) is 12.2 Å². The first-order valence-electron chi connectivity index (χ1n) is 14.5. The second-order valence-corrected chi connectivity index (χ2v) is 10.7. The maximum absolute atomic E-state index is 12.1. The SMILES string of the molecule is CC(C)OC(=O)N1CCN(CCNCc2cc(Nc3ccc(NCCc4c[nH]c5ccccc45)cc3)ccn2)CC1. The van der Waals surface area contributed by atoms with Crippen molar-refractivity contribution in [1.29, 1.82) is 0 Å². The number of carbonyl (C=O) groups excluding carboxylic acids is 1. The number of hydrogen-bond acceptors (Lipinski definition) is 7. The lowest BCUT2D eigenvalue weighted by molar-refractivity contribution is 0.0574. The molecule has 1 aliphatic rings. The molecule has 0 spiro atoms. The van der Waals surface area contributed by atoms with E-state index in [4.69, 9.17) is 4.74 Å². The van der Waals surface area contributed by atoms with Gasteiger partial charge in [-0.05, 0) is 68.3 Å². The highest BCUT2D eigenvalue weighted by molar-refractivity contribution is 5.83. The molecule has 0 aliphatic carbocycles. The Morgan fingerprint density at radius 2 is 1.76 bits per heavy atom. The lowest BCUT2D eigenvalue weighted by Crippen LogP contribution is -2.50. The van der Waals surface area contributed by atoms with Crippen molar-refractivity contribution in [2.24, 2.45) is 0 Å². The first-order chi connectivity index (χ1) is 20.0. The van der Waals surface area contributed by atoms with Gasteiger partial charge in [-0.2, -0.15) is 0 Å². The number of amides is 1. The minimum absolute atomic E-state index is 0.0811. The summed E-state index contributed by atoms with van der Waals surface area (Å²) in [5, 5.41) is 11.8. The number of aromatic amines is 1. The van der Waals surface area contributed by atoms with Crippen LogP contribution in [0, 0.1) is 0 Å². The number of carbonyl (C=O) groups is 1. The average molecular weight is 556 g/mol. The first kappa shape index (κ1) is 28.4. The normalized spacial score (nSPS) is 14.0. The van der Waals surface area contributed by atoms with Gasteiger partial charge in [0.05, 0.1) is 11.8 Å². The van der Waals surface area contributed by atoms with Crippen LogP contribution >= 0.6 is 0 Å². The molecule has 1 aliphatic heterocycles. The van der Waals surface area contributed by atoms with Crippen LogP contribution < -0.4 is 16.0 Å². The number of nitrogens with one attached hydrogen (secondary N) is 4. The number of anilines is 3. The highest BCUT2D eigenvalue weighted by atomic mass is 16.6. The van der Waals surface area contributed by atoms with Gasteiger partial charge < -0.3 is 30.6 Å². The zero-order valence-corrected chi connectivity index (χ0v) is 24.0. The molecule has 0 bridgehead atoms. The fraction of sp³-hybridized carbons (Fsp3) is 0.375. The molecule has 0 unspecified atom stereocenters. The summed E-state index contributed by atoms with van der Waals surface area (Å²) in [7, 11) is 0. The molecular weight excluding hydrogens is 514 g/mol. The van der Waals surface area contributed by atoms with E-state index in [9.17, 15) is 4.79 Å². The molecule has 0 atom stereocenters. The molecule has 2 aromatic carbocycles. The molecule has 5 rings (SSSR count). The van der Waals surface area contributed by atoms with E-state index in [1.165, 1.54) is 16.5 Å². The third-order valence-electron chi connectivity index (χ3n) is 7.27. The predicted molar refractivity (Wildman–Crippen MR) is 166 cm³/mol. The van der Waals surface area contributed by atoms with Gasteiger partial charge in [-0.1, -0.05) is 18.2 Å². The third kappa shape index (κ3) is 8.22. The Balaban J connectivity index is 1.01. The van der Waals surface area contributed by atoms with Crippen LogP contribution in [0.3, 0.4) is 0 Å². The molecule has 9 heteroatoms. The second kappa shape index (κ2) is 14.0. The number of rotatable bonds is 12. The molecule has 4 N–H and O–H groups in total. The average Bonchev–Trinajstić information content (AvgIpc) is 3.39. The van der Waals surface area contributed by atoms with Crippen LogP contribution in [0.15, 0.2) is 73.1 Å². The Hall–Kier alpha value is -4.08. The van der Waals surface area contributed by atoms with Crippen molar-refractivity contribution in [2.45, 2.75) is 32.9 Å². The molecule has 9 nitrogen and oxygen atoms in total. The number of ether oxygens (including phenoxy) is 1. The van der Waals surface area contributed by atoms with Gasteiger partial charge in [-0.25, -0.2) is 4.79 Å². The fourth-order valence-corrected chi connectivity index (χ4v) is 5.05. The van der Waals surface area contributed by atoms with Crippen molar-refractivity contribution >= 4 is 34.1 Å². The first-order valence-corrected chi connectivity index (χ1v) is 14.5. The van der Waals surface area contributed by atoms with Crippen LogP contribution in [0.1, 0.15) is 25.1 Å². The second-order valence-electron chi connectivity index (χ2n) is 10.7. The van der Waals surface area contributed by atoms with E-state index in [1.54, 1.807) is 4.90 Å². The number of fused-ring (bicyclic) bond motifs is 1. The van der Waals surface area contributed by atoms with Crippen molar-refractivity contribution in [3.05, 3.63) is 84.3 Å². The van der Waals surface area contributed by atoms with Crippen molar-refractivity contribution in [3.8, 4) is 0 Å². The Kier molecular flexibility index (Phi) is 9.72. The van der Waals surface area contributed by atoms with Crippen molar-refractivity contribution in [2.75, 3.05) is 56.4 Å². The summed E-state index contributed by atoms with van der Waals surface area (Å²) in [5.41, 5.74) is 6.66. The summed E-state index contributed by atoms with van der Waals surface area (Å²) in [6.45, 7) is 10.3. The molecule has 216 valence electrons. The van der Waals surface area contributed by atoms with Gasteiger partial charge in [0.2, 0.25) is 0 Å². The van der Waals surface area contributed by atoms with Gasteiger partial charge in [0, 0.05) is 92.7 Å². The standard InChI is InChI=1S/C32H41N7O2/c1-24(2)41-32(40)39-19-17-38(18-20-39)16-15-33-23-29-21-28(12-14-35-29)37-27-9-7-26(8-10-27)34-13-11-25-22-36-31-6-4-3-5-30(25)31/h3-10,12,14,21-22,24,33-34,36H,11,13,15-20,23H2,1-2H3,(H,35,37). The number of aromatic nitrogens is 2. The molecule has 1 fully saturated rings. The van der Waals surface area contributed by atoms with E-state index in [0.717, 1.165) is 61.9 Å². The van der Waals surface area contributed by atoms with Crippen LogP contribution in [-0.2, 0) is 17.7 Å². The molecule has 3 heterocycles. The number of para-hydroxylation sites is 1. The lowest BCUT2D eigenvalue weighted by Gasteiger charge is -2.34. The van der Waals surface area contributed by atoms with Gasteiger partial charge in [0.15, 0.2) is 0 Å². The molecule has 2 aromatic heterocycles. The molecular formula is C32H41N7O2. The molecule has 0 radical (unpaired) electrons. The molecule has 1 amide bonds. The van der Waals surface area contributed by atoms with E-state index in [1.807, 2.05) is 26.1 Å². The monoisotopic (exact) mass is 555 g/mol. The maximum atomic E-state index is 12.1. The number of piperazine rings is 1. The topological polar surface area (TPSA) is 97.5 Å². The van der Waals surface area contributed by atoms with Crippen LogP contribution in [0.5, 0.6) is 0 Å². The lowest BCUT2D eigenvalue weighted by atomic mass is 10.1. The fourth-order valence-electron chi connectivity index (χ4n) is 5.05. The molecule has 4 aromatic rings. The van der Waals surface area contributed by atoms with Gasteiger partial charge in [-0.15, -0.1) is 0 Å². The zero-order chi connectivity index (χ0) is 28.4. The van der Waals surface area contributed by atoms with E-state index in [2.05, 4.69) is 91.6 Å². The Labute approximate surface area is 242 Å². The van der Waals surface area contributed by atoms with Gasteiger partial charge in [0.25, 0.3) is 0 Å². The number of benzene rings is 2. The Morgan fingerprint density at radius 1 is 0.976 bits per heavy atom. The molecule has 41 heavy (non-hydrogen) atoms. The summed E-state index contributed by atoms with van der Waals surface area (Å²) < 4.78 is 5.30. The van der Waals surface area contributed by atoms with Crippen LogP contribution in [0.2, 0.25) is 0 Å². The summed E-state index contributed by atoms with van der Waals surface area (Å²) in [6.07, 6.45) is 4.62. The predicted octanol–water partition coefficient (Wildman–Crippen LogP) is 5.21. The number of hydrogen-bond donors (Lipinski definition) is 4. The summed E-state index contributed by atoms with van der Waals surface area (Å²) in [5.74, 6) is 0. The van der Waals surface area contributed by atoms with Gasteiger partial charge in [0.1, 0.15) is 0 Å². The van der Waals surface area contributed by atoms with Crippen molar-refractivity contribution < 1.29 is 9.53 Å². The van der Waals surface area contributed by atoms with Crippen molar-refractivity contribution in [1.82, 2.24) is 25.1 Å². The van der Waals surface area contributed by atoms with Gasteiger partial charge in [-0.3, -0.25) is 9.88 Å². The van der Waals surface area contributed by atoms with Gasteiger partial charge >= 0.3 is 6.09 Å². The van der Waals surface area contributed by atoms with Crippen LogP contribution in [0.4, 0.5) is 21.9 Å². The molecule has 1 saturated heterocycles. The minimum atomic E-state index is -0.206. The minimum Gasteiger partial charge on any atom is -0.447 e. The Morgan fingerprint density at radius 3 is 2.56 bits per heavy atom. The van der Waals surface area contributed by atoms with E-state index >= 15 is 0 Å². The summed E-state index contributed by atoms with van der Waals surface area (Å²) in [6, 6.07) is 20.9. The number of H-pyrrole nitrogens is 1. The van der Waals surface area contributed by atoms with Crippen LogP contribution in [-0.4, -0.2) is 77.8 Å². The Bertz CT molecular complexity index is 1390. The van der Waals surface area contributed by atoms with Crippen LogP contribution in [0.25, 0.3) is 10.9 Å². The highest BCUT2D eigenvalue weighted by Crippen LogP contribution is 2.21. The largest absolute Gasteiger partial charge is 0.447 e. The molecule has 0 saturated carbocycles. The van der Waals surface area contributed by atoms with E-state index in [0.29, 0.717) is 19.6 Å². The number of nitrogens with zero attached hydrogens (tertiary/aromatic N) is 3. The quantitative estimate of drug-likeness (QED) is 0.178. The van der Waals surface area contributed by atoms with E-state index < -0.39 is 0 Å². The maximum Gasteiger partial charge on any atom is 0.410 e. The smallest absolute Gasteiger partial charge is 0.410 e. The summed E-state index contributed by atoms with van der Waals surface area (Å²) >= 11 is 0. The zero-order valence-electron chi connectivity index (χ0n) is 24.0. The highest BCUT2D eigenvalue weighted by Gasteiger charge is 2.22. The number of pyridine rings is 1. The van der Waals surface area contributed by atoms with Crippen molar-refractivity contribution in [3.63, 3.8) is 0 Å². The summed E-state index contributed by atoms with van der Waals surface area (Å²) in [4.78, 5) is 24.1.